The SMILES string of the molecule is CCn1c(-c2ccc(Br)cc2)c[n+]2ccccc12. The Morgan fingerprint density at radius 1 is 1.11 bits per heavy atom. The number of halogens is 1. The highest BCUT2D eigenvalue weighted by atomic mass is 79.9. The average molecular weight is 302 g/mol. The van der Waals surface area contributed by atoms with Crippen LogP contribution in [-0.4, -0.2) is 4.57 Å². The van der Waals surface area contributed by atoms with Crippen molar-refractivity contribution in [2.75, 3.05) is 0 Å². The zero-order valence-electron chi connectivity index (χ0n) is 10.2. The molecule has 0 amide bonds. The molecule has 0 saturated heterocycles. The first-order valence-electron chi connectivity index (χ1n) is 6.05. The van der Waals surface area contributed by atoms with Crippen LogP contribution in [-0.2, 0) is 6.54 Å². The Bertz CT molecular complexity index is 683. The number of benzene rings is 1. The second kappa shape index (κ2) is 4.58. The third-order valence-corrected chi connectivity index (χ3v) is 3.68. The Balaban J connectivity index is 2.25. The molecule has 18 heavy (non-hydrogen) atoms. The highest BCUT2D eigenvalue weighted by Gasteiger charge is 2.16. The molecule has 0 radical (unpaired) electrons. The Morgan fingerprint density at radius 2 is 1.89 bits per heavy atom. The zero-order chi connectivity index (χ0) is 12.5. The molecule has 0 aliphatic rings. The van der Waals surface area contributed by atoms with Crippen LogP contribution >= 0.6 is 15.9 Å². The van der Waals surface area contributed by atoms with Gasteiger partial charge in [-0.15, -0.1) is 0 Å². The number of nitrogens with zero attached hydrogens (tertiary/aromatic N) is 2. The van der Waals surface area contributed by atoms with Gasteiger partial charge in [0.15, 0.2) is 5.69 Å². The van der Waals surface area contributed by atoms with Crippen LogP contribution in [0.3, 0.4) is 0 Å². The fourth-order valence-corrected chi connectivity index (χ4v) is 2.56. The second-order valence-corrected chi connectivity index (χ2v) is 5.15. The molecule has 90 valence electrons. The number of aromatic nitrogens is 2. The molecule has 0 aliphatic carbocycles. The number of pyridine rings is 1. The van der Waals surface area contributed by atoms with Gasteiger partial charge in [0.2, 0.25) is 0 Å². The first-order valence-corrected chi connectivity index (χ1v) is 6.84. The third kappa shape index (κ3) is 1.85. The Kier molecular flexibility index (Phi) is 2.92. The van der Waals surface area contributed by atoms with Gasteiger partial charge < -0.3 is 0 Å². The molecule has 2 nitrogen and oxygen atoms in total. The maximum absolute atomic E-state index is 3.48. The summed E-state index contributed by atoms with van der Waals surface area (Å²) in [6, 6.07) is 14.7. The molecule has 0 N–H and O–H groups in total. The third-order valence-electron chi connectivity index (χ3n) is 3.15. The van der Waals surface area contributed by atoms with Crippen LogP contribution < -0.4 is 4.40 Å². The largest absolute Gasteiger partial charge is 0.286 e. The van der Waals surface area contributed by atoms with Crippen molar-refractivity contribution < 1.29 is 4.40 Å². The predicted octanol–water partition coefficient (Wildman–Crippen LogP) is 3.68. The van der Waals surface area contributed by atoms with Gasteiger partial charge in [-0.3, -0.25) is 0 Å². The summed E-state index contributed by atoms with van der Waals surface area (Å²) in [7, 11) is 0. The van der Waals surface area contributed by atoms with Crippen molar-refractivity contribution in [3.63, 3.8) is 0 Å². The van der Waals surface area contributed by atoms with E-state index < -0.39 is 0 Å². The van der Waals surface area contributed by atoms with Gasteiger partial charge in [-0.25, -0.2) is 8.97 Å². The zero-order valence-corrected chi connectivity index (χ0v) is 11.8. The van der Waals surface area contributed by atoms with E-state index in [-0.39, 0.29) is 0 Å². The summed E-state index contributed by atoms with van der Waals surface area (Å²) in [5.41, 5.74) is 3.71. The van der Waals surface area contributed by atoms with Crippen molar-refractivity contribution in [1.82, 2.24) is 4.57 Å². The van der Waals surface area contributed by atoms with Gasteiger partial charge in [0.25, 0.3) is 5.65 Å². The topological polar surface area (TPSA) is 9.03 Å². The van der Waals surface area contributed by atoms with Crippen molar-refractivity contribution in [1.29, 1.82) is 0 Å². The normalized spacial score (nSPS) is 11.0. The van der Waals surface area contributed by atoms with Crippen molar-refractivity contribution in [3.05, 3.63) is 59.3 Å². The maximum Gasteiger partial charge on any atom is 0.286 e. The van der Waals surface area contributed by atoms with Crippen LogP contribution in [0.15, 0.2) is 59.3 Å². The van der Waals surface area contributed by atoms with Crippen LogP contribution in [0.25, 0.3) is 16.9 Å². The molecule has 2 aromatic heterocycles. The van der Waals surface area contributed by atoms with E-state index in [1.165, 1.54) is 16.9 Å². The summed E-state index contributed by atoms with van der Waals surface area (Å²) in [6.07, 6.45) is 4.27. The van der Waals surface area contributed by atoms with Crippen molar-refractivity contribution in [2.45, 2.75) is 13.5 Å². The minimum atomic E-state index is 0.964. The molecule has 0 fully saturated rings. The molecule has 0 saturated carbocycles. The van der Waals surface area contributed by atoms with Crippen molar-refractivity contribution in [3.8, 4) is 11.3 Å². The van der Waals surface area contributed by atoms with Crippen molar-refractivity contribution >= 4 is 21.6 Å². The minimum absolute atomic E-state index is 0.964. The molecule has 0 bridgehead atoms. The van der Waals surface area contributed by atoms with E-state index in [1.54, 1.807) is 0 Å². The lowest BCUT2D eigenvalue weighted by Gasteiger charge is -1.99. The summed E-state index contributed by atoms with van der Waals surface area (Å²) in [5, 5.41) is 0. The molecule has 3 rings (SSSR count). The molecule has 0 aliphatic heterocycles. The molecule has 1 aromatic carbocycles. The molecule has 0 unspecified atom stereocenters. The number of hydrogen-bond acceptors (Lipinski definition) is 0. The maximum atomic E-state index is 3.48. The number of hydrogen-bond donors (Lipinski definition) is 0. The van der Waals surface area contributed by atoms with Gasteiger partial charge >= 0.3 is 0 Å². The average Bonchev–Trinajstić information content (AvgIpc) is 2.78. The second-order valence-electron chi connectivity index (χ2n) is 4.23. The number of fused-ring (bicyclic) bond motifs is 1. The molecule has 3 heteroatoms. The van der Waals surface area contributed by atoms with Gasteiger partial charge in [0.05, 0.1) is 12.7 Å². The highest BCUT2D eigenvalue weighted by molar-refractivity contribution is 9.10. The Labute approximate surface area is 115 Å². The fourth-order valence-electron chi connectivity index (χ4n) is 2.29. The first kappa shape index (κ1) is 11.5. The van der Waals surface area contributed by atoms with Crippen LogP contribution in [0.2, 0.25) is 0 Å². The van der Waals surface area contributed by atoms with Gasteiger partial charge in [-0.05, 0) is 37.3 Å². The van der Waals surface area contributed by atoms with E-state index in [0.29, 0.717) is 0 Å². The van der Waals surface area contributed by atoms with Crippen LogP contribution in [0.4, 0.5) is 0 Å². The lowest BCUT2D eigenvalue weighted by atomic mass is 10.2. The van der Waals surface area contributed by atoms with E-state index in [2.05, 4.69) is 86.7 Å². The lowest BCUT2D eigenvalue weighted by Crippen LogP contribution is -2.17. The van der Waals surface area contributed by atoms with E-state index in [0.717, 1.165) is 11.0 Å². The number of rotatable bonds is 2. The number of imidazole rings is 1. The summed E-state index contributed by atoms with van der Waals surface area (Å²) < 4.78 is 5.60. The van der Waals surface area contributed by atoms with Crippen LogP contribution in [0, 0.1) is 0 Å². The molecule has 0 atom stereocenters. The molecular formula is C15H14BrN2+. The fraction of sp³-hybridized carbons (Fsp3) is 0.133. The van der Waals surface area contributed by atoms with Crippen molar-refractivity contribution in [2.24, 2.45) is 0 Å². The van der Waals surface area contributed by atoms with Crippen LogP contribution in [0.5, 0.6) is 0 Å². The van der Waals surface area contributed by atoms with E-state index in [9.17, 15) is 0 Å². The predicted molar refractivity (Wildman–Crippen MR) is 76.4 cm³/mol. The van der Waals surface area contributed by atoms with Crippen LogP contribution in [0.1, 0.15) is 6.92 Å². The monoisotopic (exact) mass is 301 g/mol. The minimum Gasteiger partial charge on any atom is -0.223 e. The van der Waals surface area contributed by atoms with E-state index >= 15 is 0 Å². The summed E-state index contributed by atoms with van der Waals surface area (Å²) in [4.78, 5) is 0. The molecule has 2 heterocycles. The van der Waals surface area contributed by atoms with Gasteiger partial charge in [-0.2, -0.15) is 0 Å². The van der Waals surface area contributed by atoms with E-state index in [4.69, 9.17) is 0 Å². The molecular weight excluding hydrogens is 288 g/mol. The van der Waals surface area contributed by atoms with Gasteiger partial charge in [0, 0.05) is 16.1 Å². The summed E-state index contributed by atoms with van der Waals surface area (Å²) in [6.45, 7) is 3.14. The molecule has 3 aromatic rings. The quantitative estimate of drug-likeness (QED) is 0.639. The smallest absolute Gasteiger partial charge is 0.223 e. The molecule has 0 spiro atoms. The Morgan fingerprint density at radius 3 is 2.61 bits per heavy atom. The van der Waals surface area contributed by atoms with Gasteiger partial charge in [0.1, 0.15) is 6.20 Å². The standard InChI is InChI=1S/C15H14BrN2/c1-2-18-14(12-6-8-13(16)9-7-12)11-17-10-4-3-5-15(17)18/h3-11H,2H2,1H3/q+1. The lowest BCUT2D eigenvalue weighted by molar-refractivity contribution is -0.510. The van der Waals surface area contributed by atoms with E-state index in [1.807, 2.05) is 0 Å². The Hall–Kier alpha value is -1.61. The van der Waals surface area contributed by atoms with Gasteiger partial charge in [-0.1, -0.05) is 22.0 Å². The summed E-state index contributed by atoms with van der Waals surface area (Å²) in [5.74, 6) is 0. The first-order chi connectivity index (χ1) is 8.79. The summed E-state index contributed by atoms with van der Waals surface area (Å²) >= 11 is 3.48. The number of aryl methyl sites for hydroxylation is 1. The highest BCUT2D eigenvalue weighted by Crippen LogP contribution is 2.22.